The fraction of sp³-hybridized carbons (Fsp3) is 0.389. The highest BCUT2D eigenvalue weighted by Crippen LogP contribution is 2.36. The van der Waals surface area contributed by atoms with E-state index in [4.69, 9.17) is 18.9 Å². The first-order chi connectivity index (χ1) is 12.0. The summed E-state index contributed by atoms with van der Waals surface area (Å²) >= 11 is 0. The van der Waals surface area contributed by atoms with Gasteiger partial charge in [-0.15, -0.1) is 0 Å². The standard InChI is InChI=1S/C18H21NO6/c1-22-14-7-11-5-6-19-18(13(11)10-15(14)23-2)12(8-16(20)24-3)9-17(21)25-4/h5-7,10,12H,8-9H2,1-4H3. The molecule has 0 aliphatic heterocycles. The van der Waals surface area contributed by atoms with E-state index in [0.29, 0.717) is 17.2 Å². The maximum Gasteiger partial charge on any atom is 0.306 e. The van der Waals surface area contributed by atoms with Crippen molar-refractivity contribution in [3.05, 3.63) is 30.1 Å². The average Bonchev–Trinajstić information content (AvgIpc) is 2.65. The number of fused-ring (bicyclic) bond motifs is 1. The van der Waals surface area contributed by atoms with Crippen LogP contribution < -0.4 is 9.47 Å². The van der Waals surface area contributed by atoms with E-state index >= 15 is 0 Å². The Morgan fingerprint density at radius 1 is 0.960 bits per heavy atom. The summed E-state index contributed by atoms with van der Waals surface area (Å²) < 4.78 is 20.2. The quantitative estimate of drug-likeness (QED) is 0.711. The molecule has 0 amide bonds. The molecule has 0 spiro atoms. The minimum absolute atomic E-state index is 0.0199. The van der Waals surface area contributed by atoms with Crippen LogP contribution in [0.1, 0.15) is 24.5 Å². The molecule has 134 valence electrons. The molecule has 1 heterocycles. The zero-order chi connectivity index (χ0) is 18.4. The van der Waals surface area contributed by atoms with Crippen molar-refractivity contribution in [2.45, 2.75) is 18.8 Å². The van der Waals surface area contributed by atoms with Crippen LogP contribution in [0.5, 0.6) is 11.5 Å². The molecule has 0 radical (unpaired) electrons. The van der Waals surface area contributed by atoms with E-state index in [1.54, 1.807) is 26.5 Å². The highest BCUT2D eigenvalue weighted by atomic mass is 16.5. The first-order valence-corrected chi connectivity index (χ1v) is 7.68. The van der Waals surface area contributed by atoms with Gasteiger partial charge in [-0.25, -0.2) is 0 Å². The number of esters is 2. The average molecular weight is 347 g/mol. The minimum Gasteiger partial charge on any atom is -0.493 e. The Bertz CT molecular complexity index is 755. The Morgan fingerprint density at radius 3 is 2.04 bits per heavy atom. The van der Waals surface area contributed by atoms with E-state index in [1.165, 1.54) is 14.2 Å². The van der Waals surface area contributed by atoms with Gasteiger partial charge in [0.15, 0.2) is 11.5 Å². The fourth-order valence-corrected chi connectivity index (χ4v) is 2.68. The van der Waals surface area contributed by atoms with Crippen LogP contribution in [0, 0.1) is 0 Å². The summed E-state index contributed by atoms with van der Waals surface area (Å²) in [6.45, 7) is 0. The zero-order valence-corrected chi connectivity index (χ0v) is 14.7. The summed E-state index contributed by atoms with van der Waals surface area (Å²) in [7, 11) is 5.72. The van der Waals surface area contributed by atoms with Gasteiger partial charge in [0.25, 0.3) is 0 Å². The van der Waals surface area contributed by atoms with E-state index in [-0.39, 0.29) is 12.8 Å². The first-order valence-electron chi connectivity index (χ1n) is 7.68. The minimum atomic E-state index is -0.471. The van der Waals surface area contributed by atoms with Gasteiger partial charge in [-0.3, -0.25) is 14.6 Å². The van der Waals surface area contributed by atoms with E-state index in [2.05, 4.69) is 4.98 Å². The Balaban J connectivity index is 2.56. The molecule has 0 aliphatic rings. The summed E-state index contributed by atoms with van der Waals surface area (Å²) in [6, 6.07) is 5.44. The molecular formula is C18H21NO6. The number of aromatic nitrogens is 1. The van der Waals surface area contributed by atoms with Crippen LogP contribution in [0.4, 0.5) is 0 Å². The molecular weight excluding hydrogens is 326 g/mol. The highest BCUT2D eigenvalue weighted by Gasteiger charge is 2.24. The third kappa shape index (κ3) is 4.17. The largest absolute Gasteiger partial charge is 0.493 e. The number of pyridine rings is 1. The molecule has 25 heavy (non-hydrogen) atoms. The van der Waals surface area contributed by atoms with Gasteiger partial charge in [-0.2, -0.15) is 0 Å². The molecule has 7 nitrogen and oxygen atoms in total. The number of benzene rings is 1. The molecule has 0 atom stereocenters. The molecule has 1 aromatic carbocycles. The van der Waals surface area contributed by atoms with Crippen LogP contribution in [0.3, 0.4) is 0 Å². The van der Waals surface area contributed by atoms with Gasteiger partial charge in [0, 0.05) is 17.5 Å². The summed E-state index contributed by atoms with van der Waals surface area (Å²) in [5, 5.41) is 1.64. The maximum atomic E-state index is 11.8. The lowest BCUT2D eigenvalue weighted by molar-refractivity contribution is -0.143. The van der Waals surface area contributed by atoms with Gasteiger partial charge < -0.3 is 18.9 Å². The van der Waals surface area contributed by atoms with E-state index < -0.39 is 17.9 Å². The molecule has 7 heteroatoms. The first kappa shape index (κ1) is 18.5. The van der Waals surface area contributed by atoms with Crippen molar-refractivity contribution >= 4 is 22.7 Å². The van der Waals surface area contributed by atoms with Gasteiger partial charge in [0.1, 0.15) is 0 Å². The second-order valence-corrected chi connectivity index (χ2v) is 5.38. The predicted molar refractivity (Wildman–Crippen MR) is 90.9 cm³/mol. The summed E-state index contributed by atoms with van der Waals surface area (Å²) in [6.07, 6.45) is 1.67. The number of nitrogens with zero attached hydrogens (tertiary/aromatic N) is 1. The van der Waals surface area contributed by atoms with Crippen molar-refractivity contribution in [3.8, 4) is 11.5 Å². The van der Waals surface area contributed by atoms with Crippen LogP contribution in [-0.4, -0.2) is 45.4 Å². The Kier molecular flexibility index (Phi) is 6.16. The number of carbonyl (C=O) groups excluding carboxylic acids is 2. The number of hydrogen-bond donors (Lipinski definition) is 0. The van der Waals surface area contributed by atoms with E-state index in [0.717, 1.165) is 10.8 Å². The topological polar surface area (TPSA) is 84.0 Å². The SMILES string of the molecule is COC(=O)CC(CC(=O)OC)c1nccc2cc(OC)c(OC)cc12. The summed E-state index contributed by atoms with van der Waals surface area (Å²) in [5.41, 5.74) is 0.606. The number of rotatable bonds is 7. The third-order valence-electron chi connectivity index (χ3n) is 3.97. The van der Waals surface area contributed by atoms with Crippen LogP contribution in [0.15, 0.2) is 24.4 Å². The van der Waals surface area contributed by atoms with Crippen molar-refractivity contribution in [1.82, 2.24) is 4.98 Å². The van der Waals surface area contributed by atoms with Gasteiger partial charge in [0.2, 0.25) is 0 Å². The lowest BCUT2D eigenvalue weighted by atomic mass is 9.93. The smallest absolute Gasteiger partial charge is 0.306 e. The maximum absolute atomic E-state index is 11.8. The molecule has 0 fully saturated rings. The Labute approximate surface area is 145 Å². The molecule has 0 bridgehead atoms. The molecule has 0 unspecified atom stereocenters. The van der Waals surface area contributed by atoms with Gasteiger partial charge in [-0.05, 0) is 23.6 Å². The van der Waals surface area contributed by atoms with Crippen molar-refractivity contribution in [1.29, 1.82) is 0 Å². The van der Waals surface area contributed by atoms with Crippen LogP contribution in [0.2, 0.25) is 0 Å². The lowest BCUT2D eigenvalue weighted by Crippen LogP contribution is -2.15. The fourth-order valence-electron chi connectivity index (χ4n) is 2.68. The van der Waals surface area contributed by atoms with Crippen LogP contribution in [-0.2, 0) is 19.1 Å². The monoisotopic (exact) mass is 347 g/mol. The Morgan fingerprint density at radius 2 is 1.52 bits per heavy atom. The van der Waals surface area contributed by atoms with E-state index in [1.807, 2.05) is 12.1 Å². The molecule has 0 saturated carbocycles. The summed E-state index contributed by atoms with van der Waals surface area (Å²) in [5.74, 6) is -0.188. The predicted octanol–water partition coefficient (Wildman–Crippen LogP) is 2.46. The second-order valence-electron chi connectivity index (χ2n) is 5.38. The number of carbonyl (C=O) groups is 2. The zero-order valence-electron chi connectivity index (χ0n) is 14.7. The Hall–Kier alpha value is -2.83. The number of ether oxygens (including phenoxy) is 4. The molecule has 1 aromatic heterocycles. The van der Waals surface area contributed by atoms with Gasteiger partial charge >= 0.3 is 11.9 Å². The second kappa shape index (κ2) is 8.32. The molecule has 2 rings (SSSR count). The lowest BCUT2D eigenvalue weighted by Gasteiger charge is -2.17. The van der Waals surface area contributed by atoms with Crippen molar-refractivity contribution in [2.24, 2.45) is 0 Å². The molecule has 0 aliphatic carbocycles. The molecule has 0 N–H and O–H groups in total. The van der Waals surface area contributed by atoms with Crippen LogP contribution in [0.25, 0.3) is 10.8 Å². The van der Waals surface area contributed by atoms with Crippen molar-refractivity contribution < 1.29 is 28.5 Å². The molecule has 0 saturated heterocycles. The highest BCUT2D eigenvalue weighted by molar-refractivity contribution is 5.89. The van der Waals surface area contributed by atoms with Gasteiger partial charge in [0.05, 0.1) is 47.0 Å². The van der Waals surface area contributed by atoms with Crippen molar-refractivity contribution in [3.63, 3.8) is 0 Å². The number of methoxy groups -OCH3 is 4. The normalized spacial score (nSPS) is 10.6. The summed E-state index contributed by atoms with van der Waals surface area (Å²) in [4.78, 5) is 28.0. The van der Waals surface area contributed by atoms with E-state index in [9.17, 15) is 9.59 Å². The van der Waals surface area contributed by atoms with Gasteiger partial charge in [-0.1, -0.05) is 0 Å². The van der Waals surface area contributed by atoms with Crippen LogP contribution >= 0.6 is 0 Å². The third-order valence-corrected chi connectivity index (χ3v) is 3.97. The number of hydrogen-bond acceptors (Lipinski definition) is 7. The molecule has 2 aromatic rings. The van der Waals surface area contributed by atoms with Crippen molar-refractivity contribution in [2.75, 3.05) is 28.4 Å².